The number of anilines is 1. The molecule has 0 saturated carbocycles. The van der Waals surface area contributed by atoms with Crippen LogP contribution in [0.25, 0.3) is 10.9 Å². The minimum absolute atomic E-state index is 0.0174. The number of alkyl halides is 1. The van der Waals surface area contributed by atoms with E-state index in [1.165, 1.54) is 12.1 Å². The molecule has 1 fully saturated rings. The third kappa shape index (κ3) is 5.11. The van der Waals surface area contributed by atoms with E-state index in [-0.39, 0.29) is 30.8 Å². The average molecular weight is 515 g/mol. The summed E-state index contributed by atoms with van der Waals surface area (Å²) in [6.07, 6.45) is 0.750. The van der Waals surface area contributed by atoms with Gasteiger partial charge in [-0.05, 0) is 37.1 Å². The molecule has 2 aliphatic rings. The van der Waals surface area contributed by atoms with Gasteiger partial charge in [-0.25, -0.2) is 8.78 Å². The fourth-order valence-electron chi connectivity index (χ4n) is 5.87. The van der Waals surface area contributed by atoms with Gasteiger partial charge in [0.2, 0.25) is 0 Å². The van der Waals surface area contributed by atoms with Crippen LogP contribution in [0.4, 0.5) is 18.9 Å². The number of aliphatic hydroxyl groups excluding tert-OH is 1. The molecule has 3 N–H and O–H groups in total. The molecular formula is C29H37F3N4O. The first-order valence-corrected chi connectivity index (χ1v) is 13.2. The zero-order valence-corrected chi connectivity index (χ0v) is 21.8. The largest absolute Gasteiger partial charge is 0.396 e. The van der Waals surface area contributed by atoms with Crippen LogP contribution in [0, 0.1) is 23.0 Å². The fourth-order valence-corrected chi connectivity index (χ4v) is 5.87. The molecule has 1 aromatic heterocycles. The second-order valence-electron chi connectivity index (χ2n) is 11.6. The predicted molar refractivity (Wildman–Crippen MR) is 142 cm³/mol. The number of nitrogens with one attached hydrogen (secondary N) is 2. The molecule has 2 aliphatic heterocycles. The fraction of sp³-hybridized carbons (Fsp3) is 0.517. The molecule has 37 heavy (non-hydrogen) atoms. The van der Waals surface area contributed by atoms with Crippen LogP contribution in [0.5, 0.6) is 0 Å². The number of likely N-dealkylation sites (tertiary alicyclic amines) is 1. The highest BCUT2D eigenvalue weighted by Crippen LogP contribution is 2.44. The maximum absolute atomic E-state index is 15.8. The third-order valence-electron chi connectivity index (χ3n) is 7.92. The smallest absolute Gasteiger partial charge is 0.133 e. The Hall–Kier alpha value is -2.55. The molecule has 2 aromatic carbocycles. The number of halogens is 3. The lowest BCUT2D eigenvalue weighted by atomic mass is 9.84. The Bertz CT molecular complexity index is 1230. The summed E-state index contributed by atoms with van der Waals surface area (Å²) in [4.78, 5) is 7.71. The average Bonchev–Trinajstić information content (AvgIpc) is 3.20. The highest BCUT2D eigenvalue weighted by atomic mass is 19.1. The maximum atomic E-state index is 15.8. The number of para-hydroxylation sites is 1. The van der Waals surface area contributed by atoms with Crippen molar-refractivity contribution < 1.29 is 18.3 Å². The van der Waals surface area contributed by atoms with Crippen LogP contribution >= 0.6 is 0 Å². The Morgan fingerprint density at radius 3 is 2.51 bits per heavy atom. The van der Waals surface area contributed by atoms with Gasteiger partial charge in [-0.15, -0.1) is 0 Å². The Labute approximate surface area is 216 Å². The van der Waals surface area contributed by atoms with Crippen LogP contribution in [0.3, 0.4) is 0 Å². The molecule has 200 valence electrons. The van der Waals surface area contributed by atoms with Crippen LogP contribution < -0.4 is 5.32 Å². The van der Waals surface area contributed by atoms with Gasteiger partial charge < -0.3 is 20.3 Å². The molecule has 3 heterocycles. The minimum Gasteiger partial charge on any atom is -0.396 e. The summed E-state index contributed by atoms with van der Waals surface area (Å²) in [6, 6.07) is 10.1. The molecule has 0 spiro atoms. The van der Waals surface area contributed by atoms with E-state index in [9.17, 15) is 9.50 Å². The van der Waals surface area contributed by atoms with E-state index in [4.69, 9.17) is 0 Å². The number of benzene rings is 2. The van der Waals surface area contributed by atoms with Crippen molar-refractivity contribution in [2.45, 2.75) is 39.3 Å². The topological polar surface area (TPSA) is 54.5 Å². The Kier molecular flexibility index (Phi) is 7.27. The van der Waals surface area contributed by atoms with Crippen molar-refractivity contribution in [2.75, 3.05) is 51.3 Å². The summed E-state index contributed by atoms with van der Waals surface area (Å²) >= 11 is 0. The predicted octanol–water partition coefficient (Wildman–Crippen LogP) is 5.11. The molecule has 2 atom stereocenters. The molecule has 0 bridgehead atoms. The summed E-state index contributed by atoms with van der Waals surface area (Å²) in [5, 5.41) is 14.2. The number of H-pyrrole nitrogens is 1. The molecule has 0 radical (unpaired) electrons. The maximum Gasteiger partial charge on any atom is 0.133 e. The molecule has 1 saturated heterocycles. The Morgan fingerprint density at radius 2 is 1.84 bits per heavy atom. The van der Waals surface area contributed by atoms with Gasteiger partial charge in [0.15, 0.2) is 0 Å². The van der Waals surface area contributed by atoms with E-state index in [2.05, 4.69) is 33.1 Å². The Morgan fingerprint density at radius 1 is 1.14 bits per heavy atom. The van der Waals surface area contributed by atoms with E-state index in [0.29, 0.717) is 25.3 Å². The van der Waals surface area contributed by atoms with Gasteiger partial charge in [-0.2, -0.15) is 0 Å². The van der Waals surface area contributed by atoms with Crippen LogP contribution in [0.15, 0.2) is 36.4 Å². The molecule has 5 rings (SSSR count). The van der Waals surface area contributed by atoms with Crippen molar-refractivity contribution in [3.63, 3.8) is 0 Å². The van der Waals surface area contributed by atoms with Crippen LogP contribution in [0.2, 0.25) is 0 Å². The zero-order chi connectivity index (χ0) is 26.3. The van der Waals surface area contributed by atoms with Crippen LogP contribution in [-0.4, -0.2) is 71.9 Å². The van der Waals surface area contributed by atoms with Gasteiger partial charge in [0.1, 0.15) is 11.6 Å². The number of hydrogen-bond acceptors (Lipinski definition) is 4. The van der Waals surface area contributed by atoms with E-state index in [1.807, 2.05) is 32.0 Å². The van der Waals surface area contributed by atoms with Gasteiger partial charge in [-0.1, -0.05) is 32.0 Å². The normalized spacial score (nSPS) is 21.3. The monoisotopic (exact) mass is 514 g/mol. The zero-order valence-electron chi connectivity index (χ0n) is 21.8. The second kappa shape index (κ2) is 10.3. The van der Waals surface area contributed by atoms with E-state index in [1.54, 1.807) is 0 Å². The van der Waals surface area contributed by atoms with Gasteiger partial charge >= 0.3 is 0 Å². The molecule has 0 unspecified atom stereocenters. The summed E-state index contributed by atoms with van der Waals surface area (Å²) in [5.74, 6) is -1.08. The van der Waals surface area contributed by atoms with Crippen molar-refractivity contribution in [1.82, 2.24) is 14.8 Å². The van der Waals surface area contributed by atoms with Crippen molar-refractivity contribution in [3.8, 4) is 0 Å². The van der Waals surface area contributed by atoms with E-state index >= 15 is 8.78 Å². The lowest BCUT2D eigenvalue weighted by Crippen LogP contribution is -2.49. The van der Waals surface area contributed by atoms with E-state index in [0.717, 1.165) is 41.7 Å². The second-order valence-corrected chi connectivity index (χ2v) is 11.6. The third-order valence-corrected chi connectivity index (χ3v) is 7.92. The first kappa shape index (κ1) is 26.1. The van der Waals surface area contributed by atoms with Gasteiger partial charge in [0.25, 0.3) is 0 Å². The van der Waals surface area contributed by atoms with Crippen molar-refractivity contribution in [3.05, 3.63) is 64.9 Å². The van der Waals surface area contributed by atoms with Crippen molar-refractivity contribution >= 4 is 16.6 Å². The lowest BCUT2D eigenvalue weighted by Gasteiger charge is -2.44. The van der Waals surface area contributed by atoms with Crippen LogP contribution in [0.1, 0.15) is 43.6 Å². The number of aromatic amines is 1. The van der Waals surface area contributed by atoms with Gasteiger partial charge in [0.05, 0.1) is 12.7 Å². The first-order chi connectivity index (χ1) is 17.7. The van der Waals surface area contributed by atoms with Crippen LogP contribution in [-0.2, 0) is 6.42 Å². The minimum atomic E-state index is -0.648. The van der Waals surface area contributed by atoms with E-state index < -0.39 is 23.1 Å². The molecule has 5 nitrogen and oxygen atoms in total. The SMILES string of the molecule is C[C@@H]1Cc2c([nH]c3ccccc23)[C@@H](c2c(F)cc(NCCN3CC(CF)C3)cc2F)N1CC(C)(C)CO. The Balaban J connectivity index is 1.47. The summed E-state index contributed by atoms with van der Waals surface area (Å²) < 4.78 is 44.2. The molecular weight excluding hydrogens is 477 g/mol. The summed E-state index contributed by atoms with van der Waals surface area (Å²) in [7, 11) is 0. The standard InChI is InChI=1S/C29H37F3N4O/c1-18-10-22-21-6-4-5-7-25(21)34-27(22)28(36(18)16-29(2,3)17-37)26-23(31)11-20(12-24(26)32)33-8-9-35-14-19(13-30)15-35/h4-7,11-12,18-19,28,33-34,37H,8-10,13-17H2,1-3H3/t18-,28-/m1/s1. The highest BCUT2D eigenvalue weighted by molar-refractivity contribution is 5.85. The van der Waals surface area contributed by atoms with Gasteiger partial charge in [0, 0.05) is 84.6 Å². The number of fused-ring (bicyclic) bond motifs is 3. The molecule has 8 heteroatoms. The highest BCUT2D eigenvalue weighted by Gasteiger charge is 2.40. The van der Waals surface area contributed by atoms with Crippen molar-refractivity contribution in [2.24, 2.45) is 11.3 Å². The number of aliphatic hydroxyl groups is 1. The first-order valence-electron chi connectivity index (χ1n) is 13.2. The quantitative estimate of drug-likeness (QED) is 0.371. The molecule has 0 amide bonds. The summed E-state index contributed by atoms with van der Waals surface area (Å²) in [6.45, 7) is 8.85. The number of hydrogen-bond donors (Lipinski definition) is 3. The summed E-state index contributed by atoms with van der Waals surface area (Å²) in [5.41, 5.74) is 2.83. The number of aromatic nitrogens is 1. The number of rotatable bonds is 9. The van der Waals surface area contributed by atoms with Crippen molar-refractivity contribution in [1.29, 1.82) is 0 Å². The van der Waals surface area contributed by atoms with Gasteiger partial charge in [-0.3, -0.25) is 9.29 Å². The number of nitrogens with zero attached hydrogens (tertiary/aromatic N) is 2. The lowest BCUT2D eigenvalue weighted by molar-refractivity contribution is 0.0544. The molecule has 0 aliphatic carbocycles. The molecule has 3 aromatic rings.